The number of carbonyl (C=O) groups excluding carboxylic acids is 2. The number of rotatable bonds is 3. The molecule has 0 aromatic rings. The van der Waals surface area contributed by atoms with Crippen LogP contribution in [-0.4, -0.2) is 23.1 Å². The van der Waals surface area contributed by atoms with Crippen molar-refractivity contribution in [2.75, 3.05) is 0 Å². The summed E-state index contributed by atoms with van der Waals surface area (Å²) in [5.74, 6) is -3.43. The maximum atomic E-state index is 9.58. The Morgan fingerprint density at radius 1 is 1.40 bits per heavy atom. The standard InChI is InChI=1S/C4H6O5.K/c5-2(4(8)9)1-3(6)7;/h2,5H,1H2,(H,6,7)(H,8,9);/q;+1/p-2. The van der Waals surface area contributed by atoms with Crippen molar-refractivity contribution in [1.82, 2.24) is 0 Å². The summed E-state index contributed by atoms with van der Waals surface area (Å²) in [6, 6.07) is 0. The first-order valence-electron chi connectivity index (χ1n) is 2.13. The number of carboxylic acid groups (broad SMARTS) is 2. The first-order chi connectivity index (χ1) is 4.04. The van der Waals surface area contributed by atoms with E-state index in [0.717, 1.165) is 0 Å². The third kappa shape index (κ3) is 6.65. The normalized spacial score (nSPS) is 11.3. The van der Waals surface area contributed by atoms with Crippen LogP contribution in [0, 0.1) is 0 Å². The Balaban J connectivity index is 0. The van der Waals surface area contributed by atoms with E-state index in [0.29, 0.717) is 0 Å². The molecule has 0 heterocycles. The molecule has 0 spiro atoms. The largest absolute Gasteiger partial charge is 1.00 e. The number of aliphatic hydroxyl groups is 1. The summed E-state index contributed by atoms with van der Waals surface area (Å²) >= 11 is 0. The van der Waals surface area contributed by atoms with E-state index in [9.17, 15) is 19.8 Å². The van der Waals surface area contributed by atoms with Crippen molar-refractivity contribution in [3.05, 3.63) is 0 Å². The Morgan fingerprint density at radius 2 is 1.80 bits per heavy atom. The molecule has 10 heavy (non-hydrogen) atoms. The predicted octanol–water partition coefficient (Wildman–Crippen LogP) is -6.76. The summed E-state index contributed by atoms with van der Waals surface area (Å²) < 4.78 is 0. The summed E-state index contributed by atoms with van der Waals surface area (Å²) in [6.45, 7) is 0. The van der Waals surface area contributed by atoms with Gasteiger partial charge in [-0.15, -0.1) is 0 Å². The first-order valence-corrected chi connectivity index (χ1v) is 2.13. The van der Waals surface area contributed by atoms with E-state index in [4.69, 9.17) is 5.11 Å². The van der Waals surface area contributed by atoms with Gasteiger partial charge in [0.2, 0.25) is 0 Å². The topological polar surface area (TPSA) is 100 Å². The van der Waals surface area contributed by atoms with Crippen molar-refractivity contribution in [1.29, 1.82) is 0 Å². The summed E-state index contributed by atoms with van der Waals surface area (Å²) in [6.07, 6.45) is -2.89. The van der Waals surface area contributed by atoms with Gasteiger partial charge in [0.15, 0.2) is 0 Å². The third-order valence-corrected chi connectivity index (χ3v) is 0.632. The van der Waals surface area contributed by atoms with Crippen LogP contribution in [0.25, 0.3) is 0 Å². The fourth-order valence-electron chi connectivity index (χ4n) is 0.241. The van der Waals surface area contributed by atoms with Gasteiger partial charge in [-0.2, -0.15) is 0 Å². The van der Waals surface area contributed by atoms with Crippen molar-refractivity contribution in [2.45, 2.75) is 12.5 Å². The van der Waals surface area contributed by atoms with Crippen LogP contribution < -0.4 is 61.6 Å². The second kappa shape index (κ2) is 6.26. The quantitative estimate of drug-likeness (QED) is 0.425. The molecule has 0 amide bonds. The Bertz CT molecular complexity index is 134. The Hall–Kier alpha value is 0.536. The summed E-state index contributed by atoms with van der Waals surface area (Å²) in [4.78, 5) is 19.1. The van der Waals surface area contributed by atoms with Gasteiger partial charge < -0.3 is 24.9 Å². The minimum absolute atomic E-state index is 0. The molecule has 6 heteroatoms. The van der Waals surface area contributed by atoms with Gasteiger partial charge in [-0.25, -0.2) is 0 Å². The molecule has 0 bridgehead atoms. The zero-order valence-electron chi connectivity index (χ0n) is 5.36. The molecular formula is C4H4KO5-. The minimum Gasteiger partial charge on any atom is -0.550 e. The van der Waals surface area contributed by atoms with E-state index >= 15 is 0 Å². The van der Waals surface area contributed by atoms with E-state index in [-0.39, 0.29) is 51.4 Å². The summed E-state index contributed by atoms with van der Waals surface area (Å²) in [5, 5.41) is 27.3. The van der Waals surface area contributed by atoms with Crippen LogP contribution in [-0.2, 0) is 9.59 Å². The van der Waals surface area contributed by atoms with Gasteiger partial charge in [-0.3, -0.25) is 0 Å². The Kier molecular flexibility index (Phi) is 8.23. The van der Waals surface area contributed by atoms with Crippen LogP contribution in [0.1, 0.15) is 6.42 Å². The van der Waals surface area contributed by atoms with Crippen LogP contribution in [0.2, 0.25) is 0 Å². The molecule has 0 aliphatic carbocycles. The van der Waals surface area contributed by atoms with Crippen molar-refractivity contribution in [2.24, 2.45) is 0 Å². The van der Waals surface area contributed by atoms with E-state index in [1.165, 1.54) is 0 Å². The molecule has 0 rings (SSSR count). The number of aliphatic hydroxyl groups excluding tert-OH is 1. The molecule has 1 unspecified atom stereocenters. The second-order valence-corrected chi connectivity index (χ2v) is 1.41. The van der Waals surface area contributed by atoms with E-state index in [1.807, 2.05) is 0 Å². The molecule has 0 aromatic carbocycles. The van der Waals surface area contributed by atoms with Gasteiger partial charge in [0.1, 0.15) is 0 Å². The van der Waals surface area contributed by atoms with Crippen LogP contribution >= 0.6 is 0 Å². The third-order valence-electron chi connectivity index (χ3n) is 0.632. The molecule has 52 valence electrons. The van der Waals surface area contributed by atoms with E-state index in [1.54, 1.807) is 0 Å². The number of carbonyl (C=O) groups is 2. The average molecular weight is 171 g/mol. The molecular weight excluding hydrogens is 167 g/mol. The maximum absolute atomic E-state index is 9.58. The molecule has 0 saturated heterocycles. The van der Waals surface area contributed by atoms with Crippen LogP contribution in [0.4, 0.5) is 0 Å². The van der Waals surface area contributed by atoms with Gasteiger partial charge in [0, 0.05) is 12.4 Å². The SMILES string of the molecule is O=C([O-])CC(O)C(=O)[O-].[K+]. The zero-order valence-corrected chi connectivity index (χ0v) is 8.49. The van der Waals surface area contributed by atoms with Gasteiger partial charge in [0.25, 0.3) is 0 Å². The van der Waals surface area contributed by atoms with Gasteiger partial charge in [0.05, 0.1) is 12.1 Å². The molecule has 5 nitrogen and oxygen atoms in total. The predicted molar refractivity (Wildman–Crippen MR) is 20.6 cm³/mol. The smallest absolute Gasteiger partial charge is 0.550 e. The molecule has 0 saturated carbocycles. The average Bonchev–Trinajstić information content (AvgIpc) is 1.63. The molecule has 0 aliphatic heterocycles. The second-order valence-electron chi connectivity index (χ2n) is 1.41. The summed E-state index contributed by atoms with van der Waals surface area (Å²) in [5.41, 5.74) is 0. The molecule has 0 aliphatic rings. The number of hydrogen-bond donors (Lipinski definition) is 1. The van der Waals surface area contributed by atoms with Crippen molar-refractivity contribution in [3.8, 4) is 0 Å². The van der Waals surface area contributed by atoms with Crippen LogP contribution in [0.15, 0.2) is 0 Å². The monoisotopic (exact) mass is 171 g/mol. The minimum atomic E-state index is -1.96. The van der Waals surface area contributed by atoms with E-state index in [2.05, 4.69) is 0 Å². The van der Waals surface area contributed by atoms with Gasteiger partial charge >= 0.3 is 51.4 Å². The Morgan fingerprint density at radius 3 is 1.90 bits per heavy atom. The van der Waals surface area contributed by atoms with Gasteiger partial charge in [-0.1, -0.05) is 0 Å². The van der Waals surface area contributed by atoms with E-state index < -0.39 is 24.5 Å². The van der Waals surface area contributed by atoms with Crippen LogP contribution in [0.3, 0.4) is 0 Å². The molecule has 0 radical (unpaired) electrons. The number of carboxylic acids is 2. The fourth-order valence-corrected chi connectivity index (χ4v) is 0.241. The summed E-state index contributed by atoms with van der Waals surface area (Å²) in [7, 11) is 0. The Labute approximate surface area is 99.5 Å². The fraction of sp³-hybridized carbons (Fsp3) is 0.500. The van der Waals surface area contributed by atoms with Crippen LogP contribution in [0.5, 0.6) is 0 Å². The number of aliphatic carboxylic acids is 2. The molecule has 1 N–H and O–H groups in total. The first kappa shape index (κ1) is 13.1. The maximum Gasteiger partial charge on any atom is 1.00 e. The zero-order chi connectivity index (χ0) is 7.44. The molecule has 0 aromatic heterocycles. The van der Waals surface area contributed by atoms with Crippen molar-refractivity contribution in [3.63, 3.8) is 0 Å². The number of hydrogen-bond acceptors (Lipinski definition) is 5. The van der Waals surface area contributed by atoms with Gasteiger partial charge in [-0.05, 0) is 0 Å². The molecule has 1 atom stereocenters. The van der Waals surface area contributed by atoms with Crippen molar-refractivity contribution < 1.29 is 76.3 Å². The van der Waals surface area contributed by atoms with Crippen molar-refractivity contribution >= 4 is 11.9 Å². The molecule has 0 fully saturated rings.